The molecule has 0 spiro atoms. The Balaban J connectivity index is 2.13. The molecule has 1 unspecified atom stereocenters. The highest BCUT2D eigenvalue weighted by atomic mass is 16.5. The number of aromatic amines is 1. The number of amides is 1. The van der Waals surface area contributed by atoms with Crippen LogP contribution in [-0.2, 0) is 4.79 Å². The minimum Gasteiger partial charge on any atom is -0.493 e. The lowest BCUT2D eigenvalue weighted by atomic mass is 9.90. The molecular formula is C21H22N2O3. The number of aromatic nitrogens is 1. The fourth-order valence-electron chi connectivity index (χ4n) is 3.23. The van der Waals surface area contributed by atoms with Gasteiger partial charge in [0.05, 0.1) is 14.2 Å². The van der Waals surface area contributed by atoms with Crippen LogP contribution in [-0.4, -0.2) is 31.7 Å². The molecule has 5 heteroatoms. The van der Waals surface area contributed by atoms with Crippen molar-refractivity contribution in [1.82, 2.24) is 10.3 Å². The molecule has 1 amide bonds. The largest absolute Gasteiger partial charge is 0.493 e. The molecule has 1 atom stereocenters. The highest BCUT2D eigenvalue weighted by molar-refractivity contribution is 5.87. The SMILES string of the molecule is C=CC(=O)NCC(c1cccc(OC)c1OC)c1c[nH]c2ccccc12. The van der Waals surface area contributed by atoms with E-state index in [1.54, 1.807) is 14.2 Å². The number of para-hydroxylation sites is 2. The summed E-state index contributed by atoms with van der Waals surface area (Å²) in [6.07, 6.45) is 3.25. The van der Waals surface area contributed by atoms with Gasteiger partial charge in [-0.05, 0) is 23.8 Å². The second kappa shape index (κ2) is 7.78. The van der Waals surface area contributed by atoms with Gasteiger partial charge in [0, 0.05) is 35.1 Å². The minimum absolute atomic E-state index is 0.111. The Morgan fingerprint density at radius 3 is 2.69 bits per heavy atom. The molecule has 2 N–H and O–H groups in total. The summed E-state index contributed by atoms with van der Waals surface area (Å²) in [5.74, 6) is 1.000. The molecular weight excluding hydrogens is 328 g/mol. The van der Waals surface area contributed by atoms with E-state index < -0.39 is 0 Å². The molecule has 1 heterocycles. The van der Waals surface area contributed by atoms with Crippen LogP contribution in [0.3, 0.4) is 0 Å². The topological polar surface area (TPSA) is 63.4 Å². The summed E-state index contributed by atoms with van der Waals surface area (Å²) in [5, 5.41) is 4.01. The van der Waals surface area contributed by atoms with Crippen LogP contribution in [0.4, 0.5) is 0 Å². The summed E-state index contributed by atoms with van der Waals surface area (Å²) in [5.41, 5.74) is 3.07. The van der Waals surface area contributed by atoms with Gasteiger partial charge in [-0.1, -0.05) is 36.9 Å². The Labute approximate surface area is 152 Å². The second-order valence-corrected chi connectivity index (χ2v) is 5.87. The normalized spacial score (nSPS) is 11.8. The molecule has 0 saturated heterocycles. The monoisotopic (exact) mass is 350 g/mol. The lowest BCUT2D eigenvalue weighted by Crippen LogP contribution is -2.27. The van der Waals surface area contributed by atoms with Gasteiger partial charge in [0.2, 0.25) is 5.91 Å². The number of rotatable bonds is 7. The zero-order chi connectivity index (χ0) is 18.5. The van der Waals surface area contributed by atoms with Crippen LogP contribution in [0, 0.1) is 0 Å². The number of hydrogen-bond donors (Lipinski definition) is 2. The van der Waals surface area contributed by atoms with Gasteiger partial charge in [-0.3, -0.25) is 4.79 Å². The average molecular weight is 350 g/mol. The summed E-state index contributed by atoms with van der Waals surface area (Å²) >= 11 is 0. The van der Waals surface area contributed by atoms with Crippen molar-refractivity contribution >= 4 is 16.8 Å². The zero-order valence-corrected chi connectivity index (χ0v) is 14.9. The molecule has 26 heavy (non-hydrogen) atoms. The van der Waals surface area contributed by atoms with Crippen molar-refractivity contribution in [2.75, 3.05) is 20.8 Å². The van der Waals surface area contributed by atoms with Crippen molar-refractivity contribution in [3.8, 4) is 11.5 Å². The van der Waals surface area contributed by atoms with Gasteiger partial charge in [-0.25, -0.2) is 0 Å². The third kappa shape index (κ3) is 3.28. The van der Waals surface area contributed by atoms with Crippen LogP contribution in [0.1, 0.15) is 17.0 Å². The number of benzene rings is 2. The van der Waals surface area contributed by atoms with Crippen LogP contribution >= 0.6 is 0 Å². The molecule has 3 aromatic rings. The van der Waals surface area contributed by atoms with Crippen molar-refractivity contribution in [2.24, 2.45) is 0 Å². The zero-order valence-electron chi connectivity index (χ0n) is 14.9. The Kier molecular flexibility index (Phi) is 5.27. The number of hydrogen-bond acceptors (Lipinski definition) is 3. The van der Waals surface area contributed by atoms with Crippen molar-refractivity contribution in [3.05, 3.63) is 72.4 Å². The number of fused-ring (bicyclic) bond motifs is 1. The van der Waals surface area contributed by atoms with E-state index >= 15 is 0 Å². The van der Waals surface area contributed by atoms with Gasteiger partial charge >= 0.3 is 0 Å². The molecule has 2 aromatic carbocycles. The Bertz CT molecular complexity index is 930. The van der Waals surface area contributed by atoms with E-state index in [1.165, 1.54) is 6.08 Å². The van der Waals surface area contributed by atoms with Crippen molar-refractivity contribution in [2.45, 2.75) is 5.92 Å². The first-order valence-corrected chi connectivity index (χ1v) is 8.36. The molecule has 0 fully saturated rings. The fourth-order valence-corrected chi connectivity index (χ4v) is 3.23. The first-order chi connectivity index (χ1) is 12.7. The molecule has 0 radical (unpaired) electrons. The standard InChI is InChI=1S/C21H22N2O3/c1-4-20(24)23-13-17(15-9-7-11-19(25-2)21(15)26-3)16-12-22-18-10-6-5-8-14(16)18/h4-12,17,22H,1,13H2,2-3H3,(H,23,24). The summed E-state index contributed by atoms with van der Waals surface area (Å²) in [6.45, 7) is 3.94. The molecule has 0 saturated carbocycles. The molecule has 0 bridgehead atoms. The maximum Gasteiger partial charge on any atom is 0.243 e. The number of H-pyrrole nitrogens is 1. The molecule has 3 rings (SSSR count). The molecule has 0 aliphatic carbocycles. The van der Waals surface area contributed by atoms with Gasteiger partial charge in [0.25, 0.3) is 0 Å². The molecule has 0 aliphatic rings. The highest BCUT2D eigenvalue weighted by Gasteiger charge is 2.23. The first kappa shape index (κ1) is 17.6. The third-order valence-corrected chi connectivity index (χ3v) is 4.47. The van der Waals surface area contributed by atoms with Crippen LogP contribution in [0.2, 0.25) is 0 Å². The van der Waals surface area contributed by atoms with E-state index in [-0.39, 0.29) is 11.8 Å². The van der Waals surface area contributed by atoms with Crippen LogP contribution < -0.4 is 14.8 Å². The molecule has 134 valence electrons. The summed E-state index contributed by atoms with van der Waals surface area (Å²) < 4.78 is 11.1. The Hall–Kier alpha value is -3.21. The van der Waals surface area contributed by atoms with E-state index in [4.69, 9.17) is 9.47 Å². The van der Waals surface area contributed by atoms with Crippen LogP contribution in [0.25, 0.3) is 10.9 Å². The number of methoxy groups -OCH3 is 2. The quantitative estimate of drug-likeness (QED) is 0.640. The maximum absolute atomic E-state index is 11.8. The van der Waals surface area contributed by atoms with Gasteiger partial charge in [0.1, 0.15) is 0 Å². The first-order valence-electron chi connectivity index (χ1n) is 8.36. The van der Waals surface area contributed by atoms with Crippen molar-refractivity contribution in [1.29, 1.82) is 0 Å². The third-order valence-electron chi connectivity index (χ3n) is 4.47. The van der Waals surface area contributed by atoms with Crippen LogP contribution in [0.5, 0.6) is 11.5 Å². The van der Waals surface area contributed by atoms with Gasteiger partial charge < -0.3 is 19.8 Å². The maximum atomic E-state index is 11.8. The van der Waals surface area contributed by atoms with Crippen LogP contribution in [0.15, 0.2) is 61.3 Å². The van der Waals surface area contributed by atoms with Crippen molar-refractivity contribution in [3.63, 3.8) is 0 Å². The molecule has 1 aromatic heterocycles. The summed E-state index contributed by atoms with van der Waals surface area (Å²) in [6, 6.07) is 13.9. The molecule has 0 aliphatic heterocycles. The van der Waals surface area contributed by atoms with E-state index in [2.05, 4.69) is 22.9 Å². The predicted octanol–water partition coefficient (Wildman–Crippen LogP) is 3.62. The highest BCUT2D eigenvalue weighted by Crippen LogP contribution is 2.40. The molecule has 5 nitrogen and oxygen atoms in total. The van der Waals surface area contributed by atoms with E-state index in [0.717, 1.165) is 22.0 Å². The lowest BCUT2D eigenvalue weighted by Gasteiger charge is -2.21. The average Bonchev–Trinajstić information content (AvgIpc) is 3.11. The number of ether oxygens (including phenoxy) is 2. The fraction of sp³-hybridized carbons (Fsp3) is 0.190. The smallest absolute Gasteiger partial charge is 0.243 e. The second-order valence-electron chi connectivity index (χ2n) is 5.87. The number of carbonyl (C=O) groups is 1. The van der Waals surface area contributed by atoms with E-state index in [0.29, 0.717) is 18.0 Å². The minimum atomic E-state index is -0.211. The summed E-state index contributed by atoms with van der Waals surface area (Å²) in [4.78, 5) is 15.1. The van der Waals surface area contributed by atoms with Gasteiger partial charge in [0.15, 0.2) is 11.5 Å². The van der Waals surface area contributed by atoms with E-state index in [1.807, 2.05) is 42.6 Å². The van der Waals surface area contributed by atoms with Crippen molar-refractivity contribution < 1.29 is 14.3 Å². The Morgan fingerprint density at radius 1 is 1.15 bits per heavy atom. The van der Waals surface area contributed by atoms with Gasteiger partial charge in [-0.15, -0.1) is 0 Å². The lowest BCUT2D eigenvalue weighted by molar-refractivity contribution is -0.116. The summed E-state index contributed by atoms with van der Waals surface area (Å²) in [7, 11) is 3.23. The predicted molar refractivity (Wildman–Crippen MR) is 103 cm³/mol. The number of nitrogens with one attached hydrogen (secondary N) is 2. The van der Waals surface area contributed by atoms with E-state index in [9.17, 15) is 4.79 Å². The van der Waals surface area contributed by atoms with Gasteiger partial charge in [-0.2, -0.15) is 0 Å². The Morgan fingerprint density at radius 2 is 1.96 bits per heavy atom. The number of carbonyl (C=O) groups excluding carboxylic acids is 1.